The van der Waals surface area contributed by atoms with Crippen LogP contribution < -0.4 is 15.1 Å². The summed E-state index contributed by atoms with van der Waals surface area (Å²) in [7, 11) is 0. The molecular weight excluding hydrogens is 450 g/mol. The summed E-state index contributed by atoms with van der Waals surface area (Å²) in [5.74, 6) is 2.02. The maximum absolute atomic E-state index is 4.69. The van der Waals surface area contributed by atoms with Gasteiger partial charge in [-0.05, 0) is 91.5 Å². The van der Waals surface area contributed by atoms with Crippen LogP contribution in [0.15, 0.2) is 53.3 Å². The van der Waals surface area contributed by atoms with Crippen LogP contribution in [0.1, 0.15) is 37.5 Å². The topological polar surface area (TPSA) is 44.3 Å². The molecule has 0 amide bonds. The molecule has 162 valence electrons. The van der Waals surface area contributed by atoms with Crippen LogP contribution in [-0.4, -0.2) is 29.1 Å². The number of rotatable bonds is 6. The van der Waals surface area contributed by atoms with Gasteiger partial charge < -0.3 is 15.1 Å². The van der Waals surface area contributed by atoms with Crippen molar-refractivity contribution in [3.8, 4) is 0 Å². The van der Waals surface area contributed by atoms with Crippen LogP contribution in [0.4, 0.5) is 23.0 Å². The minimum absolute atomic E-state index is 0.350. The highest BCUT2D eigenvalue weighted by Gasteiger charge is 2.27. The molecule has 1 aromatic carbocycles. The molecule has 1 N–H and O–H groups in total. The molecular formula is C25H30BrN5. The third kappa shape index (κ3) is 4.40. The van der Waals surface area contributed by atoms with Gasteiger partial charge in [-0.15, -0.1) is 0 Å². The van der Waals surface area contributed by atoms with Crippen LogP contribution >= 0.6 is 15.9 Å². The van der Waals surface area contributed by atoms with Gasteiger partial charge in [0.25, 0.3) is 0 Å². The summed E-state index contributed by atoms with van der Waals surface area (Å²) in [4.78, 5) is 14.1. The lowest BCUT2D eigenvalue weighted by Crippen LogP contribution is -2.39. The largest absolute Gasteiger partial charge is 0.371 e. The van der Waals surface area contributed by atoms with E-state index in [4.69, 9.17) is 0 Å². The number of halogens is 1. The molecule has 0 saturated carbocycles. The van der Waals surface area contributed by atoms with Gasteiger partial charge in [-0.3, -0.25) is 0 Å². The third-order valence-electron chi connectivity index (χ3n) is 6.09. The summed E-state index contributed by atoms with van der Waals surface area (Å²) in [6.07, 6.45) is 4.71. The SMILES string of the molecule is CCN(CC)c1ccc(Nc2nccc3c2CC(C)N(c2ncccc2C)C3)cc1Br. The molecule has 3 heterocycles. The third-order valence-corrected chi connectivity index (χ3v) is 6.73. The van der Waals surface area contributed by atoms with Crippen LogP contribution in [0.5, 0.6) is 0 Å². The summed E-state index contributed by atoms with van der Waals surface area (Å²) in [6, 6.07) is 13.1. The number of nitrogens with one attached hydrogen (secondary N) is 1. The van der Waals surface area contributed by atoms with Crippen LogP contribution in [0, 0.1) is 6.92 Å². The van der Waals surface area contributed by atoms with E-state index in [1.807, 2.05) is 18.5 Å². The quantitative estimate of drug-likeness (QED) is 0.463. The van der Waals surface area contributed by atoms with E-state index in [2.05, 4.69) is 99.0 Å². The standard InChI is InChI=1S/C25H30BrN5/c1-5-30(6-2)23-10-9-20(15-22(23)26)29-24-21-14-18(4)31(16-19(21)11-13-27-24)25-17(3)8-7-12-28-25/h7-13,15,18H,5-6,14,16H2,1-4H3,(H,27,29). The summed E-state index contributed by atoms with van der Waals surface area (Å²) in [6.45, 7) is 11.6. The number of aromatic nitrogens is 2. The fourth-order valence-corrected chi connectivity index (χ4v) is 4.99. The number of pyridine rings is 2. The molecule has 1 aliphatic heterocycles. The van der Waals surface area contributed by atoms with Crippen molar-refractivity contribution < 1.29 is 0 Å². The lowest BCUT2D eigenvalue weighted by molar-refractivity contribution is 0.585. The Kier molecular flexibility index (Phi) is 6.46. The molecule has 0 spiro atoms. The Labute approximate surface area is 193 Å². The number of fused-ring (bicyclic) bond motifs is 1. The van der Waals surface area contributed by atoms with E-state index in [9.17, 15) is 0 Å². The predicted octanol–water partition coefficient (Wildman–Crippen LogP) is 6.09. The lowest BCUT2D eigenvalue weighted by Gasteiger charge is -2.37. The van der Waals surface area contributed by atoms with Crippen molar-refractivity contribution in [1.82, 2.24) is 9.97 Å². The van der Waals surface area contributed by atoms with Gasteiger partial charge in [-0.25, -0.2) is 9.97 Å². The average molecular weight is 480 g/mol. The minimum atomic E-state index is 0.350. The number of aryl methyl sites for hydroxylation is 1. The van der Waals surface area contributed by atoms with Gasteiger partial charge in [0, 0.05) is 53.8 Å². The van der Waals surface area contributed by atoms with E-state index in [0.717, 1.165) is 47.9 Å². The molecule has 1 atom stereocenters. The first-order valence-corrected chi connectivity index (χ1v) is 11.8. The smallest absolute Gasteiger partial charge is 0.133 e. The van der Waals surface area contributed by atoms with Crippen molar-refractivity contribution in [2.24, 2.45) is 0 Å². The van der Waals surface area contributed by atoms with Gasteiger partial charge in [-0.2, -0.15) is 0 Å². The molecule has 0 saturated heterocycles. The maximum atomic E-state index is 4.69. The van der Waals surface area contributed by atoms with E-state index in [-0.39, 0.29) is 0 Å². The molecule has 31 heavy (non-hydrogen) atoms. The summed E-state index contributed by atoms with van der Waals surface area (Å²) >= 11 is 3.75. The molecule has 4 rings (SSSR count). The number of anilines is 4. The highest BCUT2D eigenvalue weighted by Crippen LogP contribution is 2.34. The molecule has 0 aliphatic carbocycles. The second-order valence-electron chi connectivity index (χ2n) is 8.09. The fourth-order valence-electron chi connectivity index (χ4n) is 4.36. The van der Waals surface area contributed by atoms with Crippen molar-refractivity contribution in [2.75, 3.05) is 28.2 Å². The monoisotopic (exact) mass is 479 g/mol. The maximum Gasteiger partial charge on any atom is 0.133 e. The highest BCUT2D eigenvalue weighted by atomic mass is 79.9. The van der Waals surface area contributed by atoms with Crippen LogP contribution in [0.25, 0.3) is 0 Å². The summed E-state index contributed by atoms with van der Waals surface area (Å²) < 4.78 is 1.09. The van der Waals surface area contributed by atoms with E-state index in [0.29, 0.717) is 6.04 Å². The van der Waals surface area contributed by atoms with E-state index in [1.54, 1.807) is 0 Å². The van der Waals surface area contributed by atoms with E-state index >= 15 is 0 Å². The fraction of sp³-hybridized carbons (Fsp3) is 0.360. The van der Waals surface area contributed by atoms with Gasteiger partial charge in [0.2, 0.25) is 0 Å². The second-order valence-corrected chi connectivity index (χ2v) is 8.94. The van der Waals surface area contributed by atoms with Crippen LogP contribution in [0.3, 0.4) is 0 Å². The normalized spacial score (nSPS) is 15.5. The highest BCUT2D eigenvalue weighted by molar-refractivity contribution is 9.10. The zero-order chi connectivity index (χ0) is 22.0. The van der Waals surface area contributed by atoms with Crippen molar-refractivity contribution in [2.45, 2.75) is 46.7 Å². The molecule has 0 bridgehead atoms. The van der Waals surface area contributed by atoms with Crippen molar-refractivity contribution >= 4 is 38.9 Å². The first-order valence-electron chi connectivity index (χ1n) is 11.0. The lowest BCUT2D eigenvalue weighted by atomic mass is 9.95. The second kappa shape index (κ2) is 9.27. The Morgan fingerprint density at radius 2 is 1.94 bits per heavy atom. The van der Waals surface area contributed by atoms with Gasteiger partial charge in [0.1, 0.15) is 11.6 Å². The van der Waals surface area contributed by atoms with Crippen molar-refractivity contribution in [3.63, 3.8) is 0 Å². The van der Waals surface area contributed by atoms with Gasteiger partial charge >= 0.3 is 0 Å². The van der Waals surface area contributed by atoms with Crippen LogP contribution in [-0.2, 0) is 13.0 Å². The first kappa shape index (κ1) is 21.6. The number of nitrogens with zero attached hydrogens (tertiary/aromatic N) is 4. The van der Waals surface area contributed by atoms with Crippen LogP contribution in [0.2, 0.25) is 0 Å². The van der Waals surface area contributed by atoms with E-state index < -0.39 is 0 Å². The van der Waals surface area contributed by atoms with Crippen molar-refractivity contribution in [1.29, 1.82) is 0 Å². The molecule has 1 aliphatic rings. The summed E-state index contributed by atoms with van der Waals surface area (Å²) in [5, 5.41) is 3.57. The summed E-state index contributed by atoms with van der Waals surface area (Å²) in [5.41, 5.74) is 6.07. The molecule has 3 aromatic rings. The molecule has 0 fully saturated rings. The zero-order valence-electron chi connectivity index (χ0n) is 18.7. The molecule has 1 unspecified atom stereocenters. The molecule has 5 nitrogen and oxygen atoms in total. The Morgan fingerprint density at radius 3 is 2.65 bits per heavy atom. The predicted molar refractivity (Wildman–Crippen MR) is 134 cm³/mol. The minimum Gasteiger partial charge on any atom is -0.371 e. The molecule has 0 radical (unpaired) electrons. The van der Waals surface area contributed by atoms with E-state index in [1.165, 1.54) is 22.4 Å². The molecule has 2 aromatic heterocycles. The Balaban J connectivity index is 1.60. The molecule has 6 heteroatoms. The first-order chi connectivity index (χ1) is 15.0. The number of hydrogen-bond acceptors (Lipinski definition) is 5. The number of benzene rings is 1. The average Bonchev–Trinajstić information content (AvgIpc) is 2.76. The van der Waals surface area contributed by atoms with Gasteiger partial charge in [-0.1, -0.05) is 6.07 Å². The Bertz CT molecular complexity index is 1060. The van der Waals surface area contributed by atoms with Crippen molar-refractivity contribution in [3.05, 3.63) is 70.0 Å². The van der Waals surface area contributed by atoms with Gasteiger partial charge in [0.15, 0.2) is 0 Å². The number of hydrogen-bond donors (Lipinski definition) is 1. The Morgan fingerprint density at radius 1 is 1.13 bits per heavy atom. The van der Waals surface area contributed by atoms with Gasteiger partial charge in [0.05, 0.1) is 5.69 Å². The zero-order valence-corrected chi connectivity index (χ0v) is 20.3. The Hall–Kier alpha value is -2.60.